The summed E-state index contributed by atoms with van der Waals surface area (Å²) in [6.45, 7) is 6.62. The van der Waals surface area contributed by atoms with Crippen LogP contribution in [0.4, 0.5) is 5.69 Å². The lowest BCUT2D eigenvalue weighted by molar-refractivity contribution is 0.0601. The van der Waals surface area contributed by atoms with Crippen LogP contribution in [0.5, 0.6) is 0 Å². The molecule has 0 bridgehead atoms. The van der Waals surface area contributed by atoms with Gasteiger partial charge in [0.05, 0.1) is 12.7 Å². The molecule has 2 rings (SSSR count). The zero-order valence-electron chi connectivity index (χ0n) is 12.2. The van der Waals surface area contributed by atoms with Crippen LogP contribution in [0.15, 0.2) is 18.2 Å². The van der Waals surface area contributed by atoms with Gasteiger partial charge in [-0.25, -0.2) is 4.79 Å². The largest absolute Gasteiger partial charge is 0.465 e. The van der Waals surface area contributed by atoms with Crippen LogP contribution in [0, 0.1) is 18.8 Å². The number of hydrogen-bond acceptors (Lipinski definition) is 3. The topological polar surface area (TPSA) is 38.3 Å². The van der Waals surface area contributed by atoms with E-state index in [4.69, 9.17) is 4.74 Å². The highest BCUT2D eigenvalue weighted by Gasteiger charge is 2.31. The number of carbonyl (C=O) groups is 1. The maximum absolute atomic E-state index is 11.5. The number of rotatable bonds is 4. The lowest BCUT2D eigenvalue weighted by atomic mass is 9.73. The van der Waals surface area contributed by atoms with Gasteiger partial charge in [0.2, 0.25) is 0 Å². The third-order valence-electron chi connectivity index (χ3n) is 4.14. The summed E-state index contributed by atoms with van der Waals surface area (Å²) in [6, 6.07) is 6.21. The smallest absolute Gasteiger partial charge is 0.337 e. The molecule has 3 nitrogen and oxygen atoms in total. The van der Waals surface area contributed by atoms with Crippen LogP contribution >= 0.6 is 0 Å². The molecule has 104 valence electrons. The van der Waals surface area contributed by atoms with Gasteiger partial charge in [0.15, 0.2) is 0 Å². The van der Waals surface area contributed by atoms with E-state index in [1.54, 1.807) is 0 Å². The van der Waals surface area contributed by atoms with Gasteiger partial charge >= 0.3 is 5.97 Å². The molecule has 3 heteroatoms. The molecular weight excluding hydrogens is 238 g/mol. The minimum atomic E-state index is -0.281. The molecule has 0 spiro atoms. The minimum Gasteiger partial charge on any atom is -0.465 e. The van der Waals surface area contributed by atoms with Gasteiger partial charge in [0.1, 0.15) is 0 Å². The number of hydrogen-bond donors (Lipinski definition) is 1. The second kappa shape index (κ2) is 5.64. The van der Waals surface area contributed by atoms with Crippen molar-refractivity contribution in [3.05, 3.63) is 29.3 Å². The molecule has 1 N–H and O–H groups in total. The molecular formula is C16H23NO2. The second-order valence-electron chi connectivity index (χ2n) is 5.84. The van der Waals surface area contributed by atoms with Crippen molar-refractivity contribution in [1.82, 2.24) is 0 Å². The zero-order valence-corrected chi connectivity index (χ0v) is 12.2. The molecule has 0 aromatic heterocycles. The SMILES string of the molecule is COC(=O)c1ccc(C)c(NC2CC(C(C)C)C2)c1. The van der Waals surface area contributed by atoms with E-state index in [9.17, 15) is 4.79 Å². The summed E-state index contributed by atoms with van der Waals surface area (Å²) in [5, 5.41) is 3.54. The second-order valence-corrected chi connectivity index (χ2v) is 5.84. The summed E-state index contributed by atoms with van der Waals surface area (Å²) in [7, 11) is 1.41. The molecule has 1 aliphatic rings. The molecule has 0 radical (unpaired) electrons. The molecule has 0 saturated heterocycles. The quantitative estimate of drug-likeness (QED) is 0.841. The molecule has 0 heterocycles. The van der Waals surface area contributed by atoms with E-state index in [-0.39, 0.29) is 5.97 Å². The van der Waals surface area contributed by atoms with Gasteiger partial charge < -0.3 is 10.1 Å². The first-order valence-electron chi connectivity index (χ1n) is 6.96. The zero-order chi connectivity index (χ0) is 14.0. The van der Waals surface area contributed by atoms with Gasteiger partial charge in [0.25, 0.3) is 0 Å². The van der Waals surface area contributed by atoms with Crippen molar-refractivity contribution < 1.29 is 9.53 Å². The number of nitrogens with one attached hydrogen (secondary N) is 1. The number of benzene rings is 1. The van der Waals surface area contributed by atoms with Crippen LogP contribution in [-0.4, -0.2) is 19.1 Å². The first kappa shape index (κ1) is 13.9. The van der Waals surface area contributed by atoms with Gasteiger partial charge in [-0.1, -0.05) is 19.9 Å². The summed E-state index contributed by atoms with van der Waals surface area (Å²) in [6.07, 6.45) is 2.44. The number of methoxy groups -OCH3 is 1. The van der Waals surface area contributed by atoms with Crippen LogP contribution in [0.25, 0.3) is 0 Å². The highest BCUT2D eigenvalue weighted by atomic mass is 16.5. The summed E-state index contributed by atoms with van der Waals surface area (Å²) in [5.74, 6) is 1.32. The van der Waals surface area contributed by atoms with Crippen molar-refractivity contribution in [2.24, 2.45) is 11.8 Å². The molecule has 19 heavy (non-hydrogen) atoms. The van der Waals surface area contributed by atoms with E-state index in [2.05, 4.69) is 26.1 Å². The third-order valence-corrected chi connectivity index (χ3v) is 4.14. The third kappa shape index (κ3) is 3.09. The summed E-state index contributed by atoms with van der Waals surface area (Å²) >= 11 is 0. The van der Waals surface area contributed by atoms with Crippen molar-refractivity contribution in [3.8, 4) is 0 Å². The standard InChI is InChI=1S/C16H23NO2/c1-10(2)13-7-14(8-13)17-15-9-12(16(18)19-4)6-5-11(15)3/h5-6,9-10,13-14,17H,7-8H2,1-4H3. The molecule has 0 atom stereocenters. The van der Waals surface area contributed by atoms with Crippen LogP contribution in [-0.2, 0) is 4.74 Å². The van der Waals surface area contributed by atoms with E-state index in [0.717, 1.165) is 17.5 Å². The van der Waals surface area contributed by atoms with E-state index in [0.29, 0.717) is 11.6 Å². The number of aryl methyl sites for hydroxylation is 1. The number of ether oxygens (including phenoxy) is 1. The molecule has 0 unspecified atom stereocenters. The molecule has 0 amide bonds. The summed E-state index contributed by atoms with van der Waals surface area (Å²) < 4.78 is 4.76. The number of esters is 1. The lowest BCUT2D eigenvalue weighted by Gasteiger charge is -2.39. The maximum atomic E-state index is 11.5. The predicted molar refractivity (Wildman–Crippen MR) is 77.5 cm³/mol. The molecule has 1 saturated carbocycles. The van der Waals surface area contributed by atoms with Crippen molar-refractivity contribution >= 4 is 11.7 Å². The van der Waals surface area contributed by atoms with Gasteiger partial charge in [-0.15, -0.1) is 0 Å². The Kier molecular flexibility index (Phi) is 4.13. The Bertz CT molecular complexity index is 462. The van der Waals surface area contributed by atoms with E-state index in [1.807, 2.05) is 18.2 Å². The highest BCUT2D eigenvalue weighted by Crippen LogP contribution is 2.36. The summed E-state index contributed by atoms with van der Waals surface area (Å²) in [5.41, 5.74) is 2.83. The van der Waals surface area contributed by atoms with Crippen LogP contribution in [0.1, 0.15) is 42.6 Å². The first-order valence-corrected chi connectivity index (χ1v) is 6.96. The molecule has 1 aromatic rings. The minimum absolute atomic E-state index is 0.281. The molecule has 1 aliphatic carbocycles. The van der Waals surface area contributed by atoms with Gasteiger partial charge in [-0.2, -0.15) is 0 Å². The van der Waals surface area contributed by atoms with Gasteiger partial charge in [0, 0.05) is 11.7 Å². The Morgan fingerprint density at radius 1 is 1.37 bits per heavy atom. The van der Waals surface area contributed by atoms with Gasteiger partial charge in [-0.05, 0) is 49.3 Å². The average molecular weight is 261 g/mol. The van der Waals surface area contributed by atoms with Crippen LogP contribution in [0.2, 0.25) is 0 Å². The normalized spacial score (nSPS) is 21.9. The molecule has 0 aliphatic heterocycles. The van der Waals surface area contributed by atoms with Crippen molar-refractivity contribution in [3.63, 3.8) is 0 Å². The predicted octanol–water partition coefficient (Wildman–Crippen LogP) is 3.63. The van der Waals surface area contributed by atoms with E-state index in [1.165, 1.54) is 25.5 Å². The highest BCUT2D eigenvalue weighted by molar-refractivity contribution is 5.90. The van der Waals surface area contributed by atoms with Crippen LogP contribution < -0.4 is 5.32 Å². The van der Waals surface area contributed by atoms with Crippen molar-refractivity contribution in [2.45, 2.75) is 39.7 Å². The number of anilines is 1. The first-order chi connectivity index (χ1) is 9.01. The fraction of sp³-hybridized carbons (Fsp3) is 0.562. The Morgan fingerprint density at radius 3 is 2.63 bits per heavy atom. The summed E-state index contributed by atoms with van der Waals surface area (Å²) in [4.78, 5) is 11.5. The molecule has 1 aromatic carbocycles. The van der Waals surface area contributed by atoms with Crippen molar-refractivity contribution in [2.75, 3.05) is 12.4 Å². The maximum Gasteiger partial charge on any atom is 0.337 e. The fourth-order valence-electron chi connectivity index (χ4n) is 2.57. The fourth-order valence-corrected chi connectivity index (χ4v) is 2.57. The van der Waals surface area contributed by atoms with E-state index >= 15 is 0 Å². The van der Waals surface area contributed by atoms with Gasteiger partial charge in [-0.3, -0.25) is 0 Å². The monoisotopic (exact) mass is 261 g/mol. The Morgan fingerprint density at radius 2 is 2.05 bits per heavy atom. The van der Waals surface area contributed by atoms with Crippen molar-refractivity contribution in [1.29, 1.82) is 0 Å². The Hall–Kier alpha value is -1.51. The van der Waals surface area contributed by atoms with Crippen LogP contribution in [0.3, 0.4) is 0 Å². The lowest BCUT2D eigenvalue weighted by Crippen LogP contribution is -2.38. The Labute approximate surface area is 115 Å². The van der Waals surface area contributed by atoms with E-state index < -0.39 is 0 Å². The molecule has 1 fully saturated rings. The Balaban J connectivity index is 2.02. The average Bonchev–Trinajstić information content (AvgIpc) is 2.33. The number of carbonyl (C=O) groups excluding carboxylic acids is 1.